The Morgan fingerprint density at radius 1 is 1.12 bits per heavy atom. The fourth-order valence-corrected chi connectivity index (χ4v) is 4.74. The average Bonchev–Trinajstić information content (AvgIpc) is 2.39. The first kappa shape index (κ1) is 24.2. The monoisotopic (exact) mass is 374 g/mol. The van der Waals surface area contributed by atoms with Gasteiger partial charge in [-0.25, -0.2) is 0 Å². The lowest BCUT2D eigenvalue weighted by Crippen LogP contribution is -2.41. The second kappa shape index (κ2) is 9.25. The van der Waals surface area contributed by atoms with Gasteiger partial charge < -0.3 is 9.53 Å². The number of rotatable bonds is 8. The summed E-state index contributed by atoms with van der Waals surface area (Å²) >= 11 is 1.95. The van der Waals surface area contributed by atoms with E-state index in [4.69, 9.17) is 4.43 Å². The maximum atomic E-state index is 9.62. The molecule has 4 heteroatoms. The van der Waals surface area contributed by atoms with Gasteiger partial charge in [0.1, 0.15) is 0 Å². The van der Waals surface area contributed by atoms with E-state index in [0.717, 1.165) is 6.61 Å². The normalized spacial score (nSPS) is 18.4. The van der Waals surface area contributed by atoms with Gasteiger partial charge in [0.25, 0.3) is 0 Å². The van der Waals surface area contributed by atoms with Crippen molar-refractivity contribution in [2.45, 2.75) is 90.4 Å². The molecule has 0 rings (SSSR count). The molecule has 0 spiro atoms. The van der Waals surface area contributed by atoms with Crippen molar-refractivity contribution in [3.8, 4) is 0 Å². The summed E-state index contributed by atoms with van der Waals surface area (Å²) in [6.07, 6.45) is 2.35. The Balaban J connectivity index is 4.99. The van der Waals surface area contributed by atoms with Crippen LogP contribution in [0.4, 0.5) is 0 Å². The molecule has 144 valence electrons. The molecule has 3 atom stereocenters. The predicted octanol–water partition coefficient (Wildman–Crippen LogP) is 6.12. The van der Waals surface area contributed by atoms with Crippen LogP contribution in [0.25, 0.3) is 0 Å². The quantitative estimate of drug-likeness (QED) is 0.410. The third kappa shape index (κ3) is 8.55. The van der Waals surface area contributed by atoms with E-state index in [1.165, 1.54) is 5.57 Å². The van der Waals surface area contributed by atoms with Crippen LogP contribution in [0.15, 0.2) is 11.6 Å². The number of thioether (sulfide) groups is 1. The SMILES string of the molecule is C/C(=C\[C@H](C)CO[Si](C)(C)C(C)(C)C)[C@@H](SC(C)(C)C)[C@@H](C)CO. The molecule has 0 aliphatic carbocycles. The molecule has 24 heavy (non-hydrogen) atoms. The summed E-state index contributed by atoms with van der Waals surface area (Å²) in [5.74, 6) is 0.659. The summed E-state index contributed by atoms with van der Waals surface area (Å²) in [5.41, 5.74) is 1.36. The molecule has 0 saturated carbocycles. The van der Waals surface area contributed by atoms with Gasteiger partial charge in [0.2, 0.25) is 0 Å². The maximum Gasteiger partial charge on any atom is 0.192 e. The van der Waals surface area contributed by atoms with Crippen molar-refractivity contribution in [1.82, 2.24) is 0 Å². The van der Waals surface area contributed by atoms with E-state index in [-0.39, 0.29) is 22.3 Å². The molecule has 0 fully saturated rings. The van der Waals surface area contributed by atoms with Gasteiger partial charge >= 0.3 is 0 Å². The van der Waals surface area contributed by atoms with Gasteiger partial charge in [-0.2, -0.15) is 0 Å². The number of aliphatic hydroxyl groups excluding tert-OH is 1. The molecule has 0 aromatic heterocycles. The summed E-state index contributed by atoms with van der Waals surface area (Å²) < 4.78 is 6.55. The fourth-order valence-electron chi connectivity index (χ4n) is 2.28. The molecule has 1 N–H and O–H groups in total. The van der Waals surface area contributed by atoms with Crippen molar-refractivity contribution in [3.05, 3.63) is 11.6 Å². The zero-order chi connectivity index (χ0) is 19.3. The second-order valence-corrected chi connectivity index (χ2v) is 16.5. The summed E-state index contributed by atoms with van der Waals surface area (Å²) in [5, 5.41) is 10.2. The van der Waals surface area contributed by atoms with Crippen molar-refractivity contribution in [2.24, 2.45) is 11.8 Å². The highest BCUT2D eigenvalue weighted by Gasteiger charge is 2.37. The second-order valence-electron chi connectivity index (χ2n) is 9.77. The topological polar surface area (TPSA) is 29.5 Å². The largest absolute Gasteiger partial charge is 0.416 e. The van der Waals surface area contributed by atoms with E-state index in [1.54, 1.807) is 0 Å². The average molecular weight is 375 g/mol. The molecule has 0 unspecified atom stereocenters. The Kier molecular flexibility index (Phi) is 9.33. The lowest BCUT2D eigenvalue weighted by atomic mass is 9.99. The van der Waals surface area contributed by atoms with Gasteiger partial charge in [-0.05, 0) is 36.9 Å². The zero-order valence-corrected chi connectivity index (χ0v) is 19.8. The van der Waals surface area contributed by atoms with Crippen LogP contribution in [0, 0.1) is 11.8 Å². The maximum absolute atomic E-state index is 9.62. The number of aliphatic hydroxyl groups is 1. The Morgan fingerprint density at radius 2 is 1.62 bits per heavy atom. The Morgan fingerprint density at radius 3 is 2.00 bits per heavy atom. The number of hydrogen-bond donors (Lipinski definition) is 1. The smallest absolute Gasteiger partial charge is 0.192 e. The minimum Gasteiger partial charge on any atom is -0.416 e. The third-order valence-electron chi connectivity index (χ3n) is 4.79. The summed E-state index contributed by atoms with van der Waals surface area (Å²) in [6, 6.07) is 0. The third-order valence-corrected chi connectivity index (χ3v) is 11.1. The minimum absolute atomic E-state index is 0.185. The van der Waals surface area contributed by atoms with Crippen LogP contribution >= 0.6 is 11.8 Å². The highest BCUT2D eigenvalue weighted by molar-refractivity contribution is 8.01. The van der Waals surface area contributed by atoms with E-state index in [9.17, 15) is 5.11 Å². The van der Waals surface area contributed by atoms with Crippen LogP contribution in [0.2, 0.25) is 18.1 Å². The Hall–Kier alpha value is 0.227. The van der Waals surface area contributed by atoms with Gasteiger partial charge in [0.05, 0.1) is 0 Å². The van der Waals surface area contributed by atoms with Crippen LogP contribution < -0.4 is 0 Å². The molecule has 0 aromatic rings. The highest BCUT2D eigenvalue weighted by Crippen LogP contribution is 2.38. The lowest BCUT2D eigenvalue weighted by molar-refractivity contribution is 0.238. The molecule has 0 radical (unpaired) electrons. The van der Waals surface area contributed by atoms with E-state index in [1.807, 2.05) is 11.8 Å². The first-order valence-electron chi connectivity index (χ1n) is 9.21. The van der Waals surface area contributed by atoms with Crippen LogP contribution in [-0.2, 0) is 4.43 Å². The summed E-state index contributed by atoms with van der Waals surface area (Å²) in [7, 11) is -1.69. The zero-order valence-electron chi connectivity index (χ0n) is 18.0. The predicted molar refractivity (Wildman–Crippen MR) is 113 cm³/mol. The highest BCUT2D eigenvalue weighted by atomic mass is 32.2. The minimum atomic E-state index is -1.69. The van der Waals surface area contributed by atoms with Crippen LogP contribution in [-0.4, -0.2) is 36.6 Å². The van der Waals surface area contributed by atoms with Gasteiger partial charge in [-0.1, -0.05) is 67.0 Å². The molecule has 2 nitrogen and oxygen atoms in total. The van der Waals surface area contributed by atoms with Crippen LogP contribution in [0.1, 0.15) is 62.3 Å². The number of hydrogen-bond acceptors (Lipinski definition) is 3. The van der Waals surface area contributed by atoms with Gasteiger partial charge in [0, 0.05) is 23.2 Å². The molecule has 0 aromatic carbocycles. The van der Waals surface area contributed by atoms with E-state index < -0.39 is 8.32 Å². The Labute approximate surface area is 157 Å². The molecule has 0 heterocycles. The van der Waals surface area contributed by atoms with Crippen molar-refractivity contribution in [2.75, 3.05) is 13.2 Å². The van der Waals surface area contributed by atoms with Crippen molar-refractivity contribution < 1.29 is 9.53 Å². The first-order valence-corrected chi connectivity index (χ1v) is 13.0. The molecule has 0 saturated heterocycles. The molecule has 0 amide bonds. The summed E-state index contributed by atoms with van der Waals surface area (Å²) in [4.78, 5) is 0. The molecule has 0 bridgehead atoms. The molecule has 0 aliphatic rings. The van der Waals surface area contributed by atoms with Gasteiger partial charge in [-0.15, -0.1) is 11.8 Å². The molecular weight excluding hydrogens is 332 g/mol. The molecule has 0 aliphatic heterocycles. The van der Waals surface area contributed by atoms with Crippen molar-refractivity contribution >= 4 is 20.1 Å². The standard InChI is InChI=1S/C20H42O2SSi/c1-15(14-22-24(10,11)20(7,8)9)12-16(2)18(17(3)13-21)23-19(4,5)6/h12,15,17-18,21H,13-14H2,1-11H3/b16-12+/t15-,17-,18+/m0/s1. The van der Waals surface area contributed by atoms with Crippen LogP contribution in [0.3, 0.4) is 0 Å². The lowest BCUT2D eigenvalue weighted by Gasteiger charge is -2.37. The first-order chi connectivity index (χ1) is 10.6. The fraction of sp³-hybridized carbons (Fsp3) is 0.900. The van der Waals surface area contributed by atoms with Crippen LogP contribution in [0.5, 0.6) is 0 Å². The van der Waals surface area contributed by atoms with Crippen molar-refractivity contribution in [1.29, 1.82) is 0 Å². The van der Waals surface area contributed by atoms with E-state index >= 15 is 0 Å². The Bertz CT molecular complexity index is 405. The van der Waals surface area contributed by atoms with Gasteiger partial charge in [-0.3, -0.25) is 0 Å². The summed E-state index contributed by atoms with van der Waals surface area (Å²) in [6.45, 7) is 25.8. The van der Waals surface area contributed by atoms with Gasteiger partial charge in [0.15, 0.2) is 8.32 Å². The van der Waals surface area contributed by atoms with Crippen molar-refractivity contribution in [3.63, 3.8) is 0 Å². The molecular formula is C20H42O2SSi. The van der Waals surface area contributed by atoms with E-state index in [0.29, 0.717) is 11.2 Å². The van der Waals surface area contributed by atoms with E-state index in [2.05, 4.69) is 81.5 Å².